The first-order chi connectivity index (χ1) is 11.5. The third kappa shape index (κ3) is 3.44. The molecule has 1 aromatic heterocycles. The SMILES string of the molecule is COCC1CN(C(C)=O)CC12CCN(Cc1ccncc1F)CC2. The smallest absolute Gasteiger partial charge is 0.219 e. The van der Waals surface area contributed by atoms with Crippen LogP contribution in [-0.2, 0) is 16.1 Å². The van der Waals surface area contributed by atoms with Crippen LogP contribution in [-0.4, -0.2) is 60.6 Å². The maximum atomic E-state index is 13.8. The number of halogens is 1. The van der Waals surface area contributed by atoms with Crippen molar-refractivity contribution in [2.45, 2.75) is 26.3 Å². The first kappa shape index (κ1) is 17.3. The molecule has 132 valence electrons. The molecule has 3 heterocycles. The van der Waals surface area contributed by atoms with Gasteiger partial charge < -0.3 is 9.64 Å². The number of carbonyl (C=O) groups is 1. The third-order valence-electron chi connectivity index (χ3n) is 5.73. The molecule has 2 fully saturated rings. The number of hydrogen-bond donors (Lipinski definition) is 0. The summed E-state index contributed by atoms with van der Waals surface area (Å²) in [4.78, 5) is 19.9. The lowest BCUT2D eigenvalue weighted by Crippen LogP contribution is -2.45. The number of piperidine rings is 1. The molecule has 0 saturated carbocycles. The summed E-state index contributed by atoms with van der Waals surface area (Å²) < 4.78 is 19.2. The molecule has 0 aliphatic carbocycles. The lowest BCUT2D eigenvalue weighted by atomic mass is 9.71. The Hall–Kier alpha value is -1.53. The van der Waals surface area contributed by atoms with Gasteiger partial charge in [-0.2, -0.15) is 0 Å². The van der Waals surface area contributed by atoms with Crippen molar-refractivity contribution in [2.75, 3.05) is 39.9 Å². The standard InChI is InChI=1S/C18H26FN3O2/c1-14(23)22-11-16(12-24-2)18(13-22)4-7-21(8-5-18)10-15-3-6-20-9-17(15)19/h3,6,9,16H,4-5,7-8,10-13H2,1-2H3. The third-order valence-corrected chi connectivity index (χ3v) is 5.73. The van der Waals surface area contributed by atoms with Gasteiger partial charge in [-0.15, -0.1) is 0 Å². The first-order valence-corrected chi connectivity index (χ1v) is 8.59. The topological polar surface area (TPSA) is 45.7 Å². The van der Waals surface area contributed by atoms with Crippen molar-refractivity contribution in [3.8, 4) is 0 Å². The summed E-state index contributed by atoms with van der Waals surface area (Å²) in [6, 6.07) is 1.75. The Kier molecular flexibility index (Phi) is 5.15. The lowest BCUT2D eigenvalue weighted by molar-refractivity contribution is -0.128. The van der Waals surface area contributed by atoms with Gasteiger partial charge in [0, 0.05) is 51.3 Å². The molecule has 24 heavy (non-hydrogen) atoms. The molecule has 0 aromatic carbocycles. The number of carbonyl (C=O) groups excluding carboxylic acids is 1. The van der Waals surface area contributed by atoms with E-state index in [-0.39, 0.29) is 17.1 Å². The predicted molar refractivity (Wildman–Crippen MR) is 88.8 cm³/mol. The molecule has 0 N–H and O–H groups in total. The van der Waals surface area contributed by atoms with E-state index in [1.54, 1.807) is 26.3 Å². The van der Waals surface area contributed by atoms with Crippen LogP contribution < -0.4 is 0 Å². The molecular formula is C18H26FN3O2. The zero-order valence-electron chi connectivity index (χ0n) is 14.5. The van der Waals surface area contributed by atoms with E-state index in [1.165, 1.54) is 6.20 Å². The second-order valence-electron chi connectivity index (χ2n) is 7.16. The maximum Gasteiger partial charge on any atom is 0.219 e. The zero-order valence-corrected chi connectivity index (χ0v) is 14.5. The number of likely N-dealkylation sites (tertiary alicyclic amines) is 2. The minimum atomic E-state index is -0.237. The summed E-state index contributed by atoms with van der Waals surface area (Å²) in [5, 5.41) is 0. The molecule has 5 nitrogen and oxygen atoms in total. The number of rotatable bonds is 4. The predicted octanol–water partition coefficient (Wildman–Crippen LogP) is 1.93. The van der Waals surface area contributed by atoms with Crippen molar-refractivity contribution in [3.05, 3.63) is 29.8 Å². The van der Waals surface area contributed by atoms with E-state index in [2.05, 4.69) is 9.88 Å². The maximum absolute atomic E-state index is 13.8. The number of methoxy groups -OCH3 is 1. The van der Waals surface area contributed by atoms with Crippen LogP contribution in [0, 0.1) is 17.2 Å². The van der Waals surface area contributed by atoms with Crippen molar-refractivity contribution in [1.82, 2.24) is 14.8 Å². The second kappa shape index (κ2) is 7.15. The molecule has 1 unspecified atom stereocenters. The van der Waals surface area contributed by atoms with Crippen molar-refractivity contribution in [1.29, 1.82) is 0 Å². The normalized spacial score (nSPS) is 23.8. The van der Waals surface area contributed by atoms with Gasteiger partial charge in [0.25, 0.3) is 0 Å². The highest BCUT2D eigenvalue weighted by atomic mass is 19.1. The molecule has 6 heteroatoms. The number of amides is 1. The van der Waals surface area contributed by atoms with Gasteiger partial charge in [-0.25, -0.2) is 4.39 Å². The van der Waals surface area contributed by atoms with Crippen molar-refractivity contribution < 1.29 is 13.9 Å². The van der Waals surface area contributed by atoms with E-state index in [4.69, 9.17) is 4.74 Å². The number of hydrogen-bond acceptors (Lipinski definition) is 4. The van der Waals surface area contributed by atoms with E-state index in [0.29, 0.717) is 24.6 Å². The van der Waals surface area contributed by atoms with E-state index < -0.39 is 0 Å². The van der Waals surface area contributed by atoms with Crippen molar-refractivity contribution >= 4 is 5.91 Å². The van der Waals surface area contributed by atoms with Gasteiger partial charge in [0.15, 0.2) is 0 Å². The summed E-state index contributed by atoms with van der Waals surface area (Å²) in [6.45, 7) is 6.43. The number of pyridine rings is 1. The van der Waals surface area contributed by atoms with Gasteiger partial charge in [0.05, 0.1) is 12.8 Å². The molecule has 0 bridgehead atoms. The van der Waals surface area contributed by atoms with Crippen LogP contribution in [0.2, 0.25) is 0 Å². The zero-order chi connectivity index (χ0) is 17.2. The van der Waals surface area contributed by atoms with E-state index in [0.717, 1.165) is 39.0 Å². The molecule has 2 saturated heterocycles. The van der Waals surface area contributed by atoms with Crippen molar-refractivity contribution in [2.24, 2.45) is 11.3 Å². The van der Waals surface area contributed by atoms with Crippen molar-refractivity contribution in [3.63, 3.8) is 0 Å². The number of aromatic nitrogens is 1. The average molecular weight is 335 g/mol. The monoisotopic (exact) mass is 335 g/mol. The van der Waals surface area contributed by atoms with E-state index in [9.17, 15) is 9.18 Å². The fourth-order valence-electron chi connectivity index (χ4n) is 4.20. The fraction of sp³-hybridized carbons (Fsp3) is 0.667. The summed E-state index contributed by atoms with van der Waals surface area (Å²) in [5.74, 6) is 0.305. The number of ether oxygens (including phenoxy) is 1. The molecular weight excluding hydrogens is 309 g/mol. The largest absolute Gasteiger partial charge is 0.384 e. The number of nitrogens with zero attached hydrogens (tertiary/aromatic N) is 3. The minimum Gasteiger partial charge on any atom is -0.384 e. The molecule has 2 aliphatic rings. The van der Waals surface area contributed by atoms with Crippen LogP contribution >= 0.6 is 0 Å². The van der Waals surface area contributed by atoms with Gasteiger partial charge in [-0.3, -0.25) is 14.7 Å². The van der Waals surface area contributed by atoms with Gasteiger partial charge in [0.2, 0.25) is 5.91 Å². The minimum absolute atomic E-state index is 0.147. The first-order valence-electron chi connectivity index (χ1n) is 8.59. The average Bonchev–Trinajstić information content (AvgIpc) is 2.91. The van der Waals surface area contributed by atoms with Crippen LogP contribution in [0.5, 0.6) is 0 Å². The Bertz CT molecular complexity index is 587. The highest BCUT2D eigenvalue weighted by Crippen LogP contribution is 2.45. The van der Waals surface area contributed by atoms with Crippen LogP contribution in [0.15, 0.2) is 18.5 Å². The highest BCUT2D eigenvalue weighted by molar-refractivity contribution is 5.73. The molecule has 1 spiro atoms. The Morgan fingerprint density at radius 2 is 2.21 bits per heavy atom. The van der Waals surface area contributed by atoms with Crippen LogP contribution in [0.3, 0.4) is 0 Å². The second-order valence-corrected chi connectivity index (χ2v) is 7.16. The van der Waals surface area contributed by atoms with Crippen LogP contribution in [0.25, 0.3) is 0 Å². The molecule has 1 amide bonds. The quantitative estimate of drug-likeness (QED) is 0.843. The molecule has 2 aliphatic heterocycles. The Morgan fingerprint density at radius 1 is 1.46 bits per heavy atom. The van der Waals surface area contributed by atoms with Gasteiger partial charge in [0.1, 0.15) is 5.82 Å². The molecule has 0 radical (unpaired) electrons. The fourth-order valence-corrected chi connectivity index (χ4v) is 4.20. The highest BCUT2D eigenvalue weighted by Gasteiger charge is 2.48. The van der Waals surface area contributed by atoms with Gasteiger partial charge in [-0.05, 0) is 37.4 Å². The van der Waals surface area contributed by atoms with E-state index in [1.807, 2.05) is 4.90 Å². The van der Waals surface area contributed by atoms with E-state index >= 15 is 0 Å². The van der Waals surface area contributed by atoms with Gasteiger partial charge in [-0.1, -0.05) is 0 Å². The Balaban J connectivity index is 1.64. The summed E-state index contributed by atoms with van der Waals surface area (Å²) >= 11 is 0. The van der Waals surface area contributed by atoms with Crippen LogP contribution in [0.1, 0.15) is 25.3 Å². The molecule has 1 aromatic rings. The summed E-state index contributed by atoms with van der Waals surface area (Å²) in [7, 11) is 1.73. The molecule has 3 rings (SSSR count). The lowest BCUT2D eigenvalue weighted by Gasteiger charge is -2.42. The Morgan fingerprint density at radius 3 is 2.83 bits per heavy atom. The van der Waals surface area contributed by atoms with Gasteiger partial charge >= 0.3 is 0 Å². The summed E-state index contributed by atoms with van der Waals surface area (Å²) in [6.07, 6.45) is 4.96. The Labute approximate surface area is 142 Å². The molecule has 1 atom stereocenters. The summed E-state index contributed by atoms with van der Waals surface area (Å²) in [5.41, 5.74) is 0.848. The van der Waals surface area contributed by atoms with Crippen LogP contribution in [0.4, 0.5) is 4.39 Å².